The first-order valence-corrected chi connectivity index (χ1v) is 7.73. The van der Waals surface area contributed by atoms with Crippen molar-refractivity contribution in [3.05, 3.63) is 77.2 Å². The average Bonchev–Trinajstić information content (AvgIpc) is 2.61. The van der Waals surface area contributed by atoms with E-state index in [4.69, 9.17) is 4.74 Å². The zero-order valence-corrected chi connectivity index (χ0v) is 13.8. The van der Waals surface area contributed by atoms with Crippen LogP contribution in [0.1, 0.15) is 18.5 Å². The maximum absolute atomic E-state index is 13.6. The van der Waals surface area contributed by atoms with Gasteiger partial charge in [0.1, 0.15) is 5.82 Å². The number of hydrogen-bond donors (Lipinski definition) is 1. The molecule has 2 aromatic rings. The Kier molecular flexibility index (Phi) is 4.52. The number of benzene rings is 2. The fraction of sp³-hybridized carbons (Fsp3) is 0.158. The second kappa shape index (κ2) is 6.76. The Morgan fingerprint density at radius 2 is 1.88 bits per heavy atom. The third kappa shape index (κ3) is 3.10. The van der Waals surface area contributed by atoms with Crippen LogP contribution in [0.2, 0.25) is 0 Å². The van der Waals surface area contributed by atoms with Gasteiger partial charge in [0, 0.05) is 5.70 Å². The number of nitrogens with one attached hydrogen (secondary N) is 1. The minimum atomic E-state index is -0.782. The number of esters is 1. The number of urea groups is 1. The summed E-state index contributed by atoms with van der Waals surface area (Å²) in [6.45, 7) is 1.67. The fourth-order valence-corrected chi connectivity index (χ4v) is 2.94. The van der Waals surface area contributed by atoms with Gasteiger partial charge in [-0.05, 0) is 36.8 Å². The number of rotatable bonds is 3. The molecule has 0 radical (unpaired) electrons. The van der Waals surface area contributed by atoms with Crippen molar-refractivity contribution in [1.29, 1.82) is 0 Å². The number of halogens is 1. The second-order valence-corrected chi connectivity index (χ2v) is 5.60. The van der Waals surface area contributed by atoms with E-state index in [9.17, 15) is 14.0 Å². The van der Waals surface area contributed by atoms with E-state index < -0.39 is 23.9 Å². The predicted molar refractivity (Wildman–Crippen MR) is 91.3 cm³/mol. The normalized spacial score (nSPS) is 17.3. The Bertz CT molecular complexity index is 849. The van der Waals surface area contributed by atoms with E-state index >= 15 is 0 Å². The molecule has 3 rings (SSSR count). The topological polar surface area (TPSA) is 58.6 Å². The van der Waals surface area contributed by atoms with Gasteiger partial charge in [0.15, 0.2) is 0 Å². The number of carbonyl (C=O) groups excluding carboxylic acids is 2. The molecule has 25 heavy (non-hydrogen) atoms. The molecule has 0 aromatic heterocycles. The molecule has 0 bridgehead atoms. The number of allylic oxidation sites excluding steroid dienone is 1. The standard InChI is InChI=1S/C19H17FN2O3/c1-12-16(18(23)25-2)17(13-7-6-8-14(20)11-13)21-19(24)22(12)15-9-4-3-5-10-15/h3-11,17H,1-2H3,(H,21,24). The Hall–Kier alpha value is -3.15. The first-order chi connectivity index (χ1) is 12.0. The highest BCUT2D eigenvalue weighted by Gasteiger charge is 2.36. The molecule has 128 valence electrons. The molecule has 0 spiro atoms. The molecular weight excluding hydrogens is 323 g/mol. The Morgan fingerprint density at radius 1 is 1.16 bits per heavy atom. The summed E-state index contributed by atoms with van der Waals surface area (Å²) in [5.74, 6) is -1.02. The fourth-order valence-electron chi connectivity index (χ4n) is 2.94. The molecule has 0 saturated heterocycles. The van der Waals surface area contributed by atoms with E-state index in [2.05, 4.69) is 5.32 Å². The molecule has 1 unspecified atom stereocenters. The van der Waals surface area contributed by atoms with Crippen LogP contribution in [-0.4, -0.2) is 19.1 Å². The number of para-hydroxylation sites is 1. The predicted octanol–water partition coefficient (Wildman–Crippen LogP) is 3.54. The van der Waals surface area contributed by atoms with Crippen LogP contribution in [0.25, 0.3) is 0 Å². The van der Waals surface area contributed by atoms with Crippen molar-refractivity contribution in [3.63, 3.8) is 0 Å². The van der Waals surface area contributed by atoms with Crippen LogP contribution in [0.15, 0.2) is 65.9 Å². The zero-order valence-electron chi connectivity index (χ0n) is 13.8. The monoisotopic (exact) mass is 340 g/mol. The molecule has 5 nitrogen and oxygen atoms in total. The Labute approximate surface area is 144 Å². The third-order valence-corrected chi connectivity index (χ3v) is 4.09. The number of carbonyl (C=O) groups is 2. The SMILES string of the molecule is COC(=O)C1=C(C)N(c2ccccc2)C(=O)NC1c1cccc(F)c1. The lowest BCUT2D eigenvalue weighted by Gasteiger charge is -2.35. The Morgan fingerprint density at radius 3 is 2.52 bits per heavy atom. The lowest BCUT2D eigenvalue weighted by molar-refractivity contribution is -0.136. The molecule has 6 heteroatoms. The van der Waals surface area contributed by atoms with Crippen molar-refractivity contribution >= 4 is 17.7 Å². The van der Waals surface area contributed by atoms with Crippen LogP contribution >= 0.6 is 0 Å². The van der Waals surface area contributed by atoms with Crippen LogP contribution in [-0.2, 0) is 9.53 Å². The van der Waals surface area contributed by atoms with Gasteiger partial charge in [-0.25, -0.2) is 14.0 Å². The summed E-state index contributed by atoms with van der Waals surface area (Å²) < 4.78 is 18.5. The van der Waals surface area contributed by atoms with Gasteiger partial charge >= 0.3 is 12.0 Å². The van der Waals surface area contributed by atoms with E-state index in [1.54, 1.807) is 37.3 Å². The van der Waals surface area contributed by atoms with Crippen molar-refractivity contribution in [2.75, 3.05) is 12.0 Å². The highest BCUT2D eigenvalue weighted by atomic mass is 19.1. The van der Waals surface area contributed by atoms with Crippen molar-refractivity contribution in [2.45, 2.75) is 13.0 Å². The second-order valence-electron chi connectivity index (χ2n) is 5.60. The lowest BCUT2D eigenvalue weighted by atomic mass is 9.94. The molecule has 1 aliphatic rings. The quantitative estimate of drug-likeness (QED) is 0.870. The average molecular weight is 340 g/mol. The summed E-state index contributed by atoms with van der Waals surface area (Å²) in [5, 5.41) is 2.77. The van der Waals surface area contributed by atoms with Crippen molar-refractivity contribution in [3.8, 4) is 0 Å². The first kappa shape index (κ1) is 16.7. The highest BCUT2D eigenvalue weighted by molar-refractivity contribution is 6.03. The molecular formula is C19H17FN2O3. The maximum Gasteiger partial charge on any atom is 0.337 e. The van der Waals surface area contributed by atoms with Gasteiger partial charge in [0.05, 0.1) is 24.4 Å². The summed E-state index contributed by atoms with van der Waals surface area (Å²) in [4.78, 5) is 26.4. The summed E-state index contributed by atoms with van der Waals surface area (Å²) in [6, 6.07) is 13.6. The molecule has 1 heterocycles. The van der Waals surface area contributed by atoms with Gasteiger partial charge in [0.2, 0.25) is 0 Å². The van der Waals surface area contributed by atoms with Gasteiger partial charge in [-0.15, -0.1) is 0 Å². The minimum absolute atomic E-state index is 0.261. The third-order valence-electron chi connectivity index (χ3n) is 4.09. The Balaban J connectivity index is 2.14. The van der Waals surface area contributed by atoms with Gasteiger partial charge in [-0.3, -0.25) is 4.90 Å². The largest absolute Gasteiger partial charge is 0.466 e. The maximum atomic E-state index is 13.6. The zero-order chi connectivity index (χ0) is 18.0. The number of anilines is 1. The number of hydrogen-bond acceptors (Lipinski definition) is 3. The number of ether oxygens (including phenoxy) is 1. The molecule has 1 atom stereocenters. The van der Waals surface area contributed by atoms with Crippen molar-refractivity contribution in [1.82, 2.24) is 5.32 Å². The van der Waals surface area contributed by atoms with E-state index in [1.165, 1.54) is 30.2 Å². The minimum Gasteiger partial charge on any atom is -0.466 e. The van der Waals surface area contributed by atoms with Crippen molar-refractivity contribution in [2.24, 2.45) is 0 Å². The van der Waals surface area contributed by atoms with Crippen LogP contribution in [0, 0.1) is 5.82 Å². The van der Waals surface area contributed by atoms with Crippen LogP contribution < -0.4 is 10.2 Å². The summed E-state index contributed by atoms with van der Waals surface area (Å²) in [6.07, 6.45) is 0. The number of nitrogens with zero attached hydrogens (tertiary/aromatic N) is 1. The van der Waals surface area contributed by atoms with Gasteiger partial charge in [0.25, 0.3) is 0 Å². The van der Waals surface area contributed by atoms with Crippen molar-refractivity contribution < 1.29 is 18.7 Å². The summed E-state index contributed by atoms with van der Waals surface area (Å²) in [7, 11) is 1.27. The van der Waals surface area contributed by atoms with Gasteiger partial charge in [-0.1, -0.05) is 30.3 Å². The van der Waals surface area contributed by atoms with Gasteiger partial charge < -0.3 is 10.1 Å². The van der Waals surface area contributed by atoms with Crippen LogP contribution in [0.5, 0.6) is 0 Å². The molecule has 2 amide bonds. The molecule has 0 saturated carbocycles. The summed E-state index contributed by atoms with van der Waals surface area (Å²) in [5.41, 5.74) is 1.80. The molecule has 0 fully saturated rings. The highest BCUT2D eigenvalue weighted by Crippen LogP contribution is 2.34. The van der Waals surface area contributed by atoms with E-state index in [0.717, 1.165) is 0 Å². The van der Waals surface area contributed by atoms with Crippen LogP contribution in [0.4, 0.5) is 14.9 Å². The van der Waals surface area contributed by atoms with E-state index in [-0.39, 0.29) is 5.57 Å². The number of amides is 2. The lowest BCUT2D eigenvalue weighted by Crippen LogP contribution is -2.48. The molecule has 2 aromatic carbocycles. The molecule has 0 aliphatic carbocycles. The number of methoxy groups -OCH3 is 1. The van der Waals surface area contributed by atoms with Crippen LogP contribution in [0.3, 0.4) is 0 Å². The molecule has 1 aliphatic heterocycles. The van der Waals surface area contributed by atoms with Gasteiger partial charge in [-0.2, -0.15) is 0 Å². The summed E-state index contributed by atoms with van der Waals surface area (Å²) >= 11 is 0. The van der Waals surface area contributed by atoms with E-state index in [1.807, 2.05) is 6.07 Å². The first-order valence-electron chi connectivity index (χ1n) is 7.73. The molecule has 1 N–H and O–H groups in total. The van der Waals surface area contributed by atoms with E-state index in [0.29, 0.717) is 16.9 Å². The smallest absolute Gasteiger partial charge is 0.337 e.